The topological polar surface area (TPSA) is 91.7 Å². The van der Waals surface area contributed by atoms with E-state index in [1.165, 1.54) is 0 Å². The van der Waals surface area contributed by atoms with Gasteiger partial charge in [-0.25, -0.2) is 4.98 Å². The molecule has 6 nitrogen and oxygen atoms in total. The van der Waals surface area contributed by atoms with Gasteiger partial charge in [0.15, 0.2) is 0 Å². The molecule has 0 spiro atoms. The predicted octanol–water partition coefficient (Wildman–Crippen LogP) is -3.70. The molecule has 2 aromatic rings. The Bertz CT molecular complexity index is 492. The molecule has 0 saturated carbocycles. The molecule has 0 unspecified atom stereocenters. The van der Waals surface area contributed by atoms with Crippen molar-refractivity contribution in [2.24, 2.45) is 0 Å². The number of rotatable bonds is 2. The molecule has 0 radical (unpaired) electrons. The van der Waals surface area contributed by atoms with Crippen molar-refractivity contribution in [3.05, 3.63) is 36.3 Å². The molecule has 2 aromatic heterocycles. The van der Waals surface area contributed by atoms with Gasteiger partial charge in [-0.1, -0.05) is 6.07 Å². The van der Waals surface area contributed by atoms with Crippen molar-refractivity contribution in [2.75, 3.05) is 0 Å². The molecule has 0 atom stereocenters. The Morgan fingerprint density at radius 2 is 2.12 bits per heavy atom. The number of carbonyl (C=O) groups is 1. The molecule has 2 rings (SSSR count). The average Bonchev–Trinajstić information content (AvgIpc) is 2.30. The maximum absolute atomic E-state index is 10.5. The fourth-order valence-electron chi connectivity index (χ4n) is 1.01. The largest absolute Gasteiger partial charge is 1.00 e. The molecule has 0 N–H and O–H groups in total. The number of carboxylic acid groups (broad SMARTS) is 1. The van der Waals surface area contributed by atoms with E-state index in [-0.39, 0.29) is 62.9 Å². The summed E-state index contributed by atoms with van der Waals surface area (Å²) < 4.78 is 0. The third-order valence-corrected chi connectivity index (χ3v) is 1.66. The Balaban J connectivity index is 0.00000128. The van der Waals surface area contributed by atoms with E-state index in [4.69, 9.17) is 0 Å². The Hall–Kier alpha value is -0.734. The van der Waals surface area contributed by atoms with E-state index in [9.17, 15) is 9.90 Å². The van der Waals surface area contributed by atoms with Crippen molar-refractivity contribution < 1.29 is 61.3 Å². The summed E-state index contributed by atoms with van der Waals surface area (Å²) in [5.74, 6) is -1.22. The predicted molar refractivity (Wildman–Crippen MR) is 47.4 cm³/mol. The van der Waals surface area contributed by atoms with Crippen molar-refractivity contribution in [2.45, 2.75) is 0 Å². The maximum Gasteiger partial charge on any atom is 1.00 e. The Morgan fingerprint density at radius 3 is 2.75 bits per heavy atom. The van der Waals surface area contributed by atoms with Gasteiger partial charge in [0.05, 0.1) is 12.2 Å². The monoisotopic (exact) mass is 240 g/mol. The van der Waals surface area contributed by atoms with E-state index in [0.29, 0.717) is 5.69 Å². The second kappa shape index (κ2) is 6.11. The van der Waals surface area contributed by atoms with Crippen molar-refractivity contribution in [1.29, 1.82) is 0 Å². The first kappa shape index (κ1) is 13.3. The van der Waals surface area contributed by atoms with E-state index >= 15 is 0 Å². The molecule has 0 aliphatic heterocycles. The molecule has 2 heterocycles. The van der Waals surface area contributed by atoms with Crippen LogP contribution in [0.2, 0.25) is 0 Å². The molecule has 7 heteroatoms. The molecular formula is C9H5KN4O2. The van der Waals surface area contributed by atoms with Gasteiger partial charge < -0.3 is 9.90 Å². The quantitative estimate of drug-likeness (QED) is 0.502. The van der Waals surface area contributed by atoms with Crippen LogP contribution < -0.4 is 56.5 Å². The van der Waals surface area contributed by atoms with Gasteiger partial charge in [-0.3, -0.25) is 4.98 Å². The van der Waals surface area contributed by atoms with Gasteiger partial charge in [0.25, 0.3) is 0 Å². The number of nitrogens with zero attached hydrogens (tertiary/aromatic N) is 4. The number of aromatic nitrogens is 4. The van der Waals surface area contributed by atoms with Crippen LogP contribution in [-0.2, 0) is 0 Å². The third-order valence-electron chi connectivity index (χ3n) is 1.66. The van der Waals surface area contributed by atoms with Crippen LogP contribution >= 0.6 is 0 Å². The summed E-state index contributed by atoms with van der Waals surface area (Å²) in [6, 6.07) is 5.15. The first-order chi connectivity index (χ1) is 7.27. The standard InChI is InChI=1S/C9H6N4O2.K/c14-9(15)7-5-11-13-8(12-7)6-3-1-2-4-10-6;/h1-5H,(H,14,15);/q;+1/p-1. The van der Waals surface area contributed by atoms with Crippen LogP contribution in [0.1, 0.15) is 10.5 Å². The molecule has 74 valence electrons. The SMILES string of the molecule is O=C([O-])c1cnnc(-c2ccccn2)n1.[K+]. The van der Waals surface area contributed by atoms with Gasteiger partial charge in [0.1, 0.15) is 11.4 Å². The van der Waals surface area contributed by atoms with E-state index in [1.54, 1.807) is 24.4 Å². The number of aromatic carboxylic acids is 1. The zero-order chi connectivity index (χ0) is 10.7. The number of carbonyl (C=O) groups excluding carboxylic acids is 1. The Kier molecular flexibility index (Phi) is 5.09. The van der Waals surface area contributed by atoms with Gasteiger partial charge in [-0.2, -0.15) is 5.10 Å². The summed E-state index contributed by atoms with van der Waals surface area (Å²) in [5, 5.41) is 17.7. The molecule has 0 amide bonds. The third kappa shape index (κ3) is 3.13. The molecule has 0 fully saturated rings. The van der Waals surface area contributed by atoms with Gasteiger partial charge in [-0.15, -0.1) is 5.10 Å². The van der Waals surface area contributed by atoms with E-state index in [2.05, 4.69) is 20.2 Å². The van der Waals surface area contributed by atoms with Gasteiger partial charge >= 0.3 is 51.4 Å². The molecule has 0 bridgehead atoms. The molecule has 0 aliphatic rings. The summed E-state index contributed by atoms with van der Waals surface area (Å²) in [6.07, 6.45) is 2.59. The first-order valence-corrected chi connectivity index (χ1v) is 4.10. The smallest absolute Gasteiger partial charge is 0.543 e. The van der Waals surface area contributed by atoms with Crippen molar-refractivity contribution >= 4 is 5.97 Å². The number of hydrogen-bond acceptors (Lipinski definition) is 6. The second-order valence-electron chi connectivity index (χ2n) is 2.67. The van der Waals surface area contributed by atoms with Gasteiger partial charge in [0.2, 0.25) is 5.82 Å². The minimum absolute atomic E-state index is 0. The van der Waals surface area contributed by atoms with E-state index in [0.717, 1.165) is 6.20 Å². The summed E-state index contributed by atoms with van der Waals surface area (Å²) in [7, 11) is 0. The maximum atomic E-state index is 10.5. The summed E-state index contributed by atoms with van der Waals surface area (Å²) >= 11 is 0. The summed E-state index contributed by atoms with van der Waals surface area (Å²) in [4.78, 5) is 18.2. The number of carboxylic acids is 1. The van der Waals surface area contributed by atoms with Crippen molar-refractivity contribution in [3.63, 3.8) is 0 Å². The number of hydrogen-bond donors (Lipinski definition) is 0. The Morgan fingerprint density at radius 1 is 1.31 bits per heavy atom. The molecule has 16 heavy (non-hydrogen) atoms. The molecule has 0 aliphatic carbocycles. The normalized spacial score (nSPS) is 9.25. The first-order valence-electron chi connectivity index (χ1n) is 4.10. The van der Waals surface area contributed by atoms with Gasteiger partial charge in [0, 0.05) is 6.20 Å². The van der Waals surface area contributed by atoms with Crippen molar-refractivity contribution in [3.8, 4) is 11.5 Å². The molecular weight excluding hydrogens is 235 g/mol. The van der Waals surface area contributed by atoms with Crippen LogP contribution in [0.25, 0.3) is 11.5 Å². The van der Waals surface area contributed by atoms with Crippen LogP contribution in [0.5, 0.6) is 0 Å². The zero-order valence-corrected chi connectivity index (χ0v) is 11.6. The van der Waals surface area contributed by atoms with E-state index in [1.807, 2.05) is 0 Å². The zero-order valence-electron chi connectivity index (χ0n) is 8.49. The Labute approximate surface area is 134 Å². The van der Waals surface area contributed by atoms with Crippen molar-refractivity contribution in [1.82, 2.24) is 20.2 Å². The second-order valence-corrected chi connectivity index (χ2v) is 2.67. The summed E-state index contributed by atoms with van der Waals surface area (Å²) in [5.41, 5.74) is 0.207. The van der Waals surface area contributed by atoms with Crippen LogP contribution in [0.3, 0.4) is 0 Å². The molecule has 0 aromatic carbocycles. The average molecular weight is 240 g/mol. The van der Waals surface area contributed by atoms with Crippen LogP contribution in [0.4, 0.5) is 0 Å². The van der Waals surface area contributed by atoms with Crippen LogP contribution in [-0.4, -0.2) is 26.1 Å². The van der Waals surface area contributed by atoms with Gasteiger partial charge in [-0.05, 0) is 12.1 Å². The fourth-order valence-corrected chi connectivity index (χ4v) is 1.01. The van der Waals surface area contributed by atoms with E-state index < -0.39 is 5.97 Å². The van der Waals surface area contributed by atoms with Crippen LogP contribution in [0, 0.1) is 0 Å². The minimum atomic E-state index is -1.39. The number of pyridine rings is 1. The van der Waals surface area contributed by atoms with Crippen LogP contribution in [0.15, 0.2) is 30.6 Å². The summed E-state index contributed by atoms with van der Waals surface area (Å²) in [6.45, 7) is 0. The molecule has 0 saturated heterocycles. The fraction of sp³-hybridized carbons (Fsp3) is 0. The minimum Gasteiger partial charge on any atom is -0.543 e.